The summed E-state index contributed by atoms with van der Waals surface area (Å²) in [6.07, 6.45) is -0.668. The minimum atomic E-state index is -4.01. The molecule has 10 heteroatoms. The van der Waals surface area contributed by atoms with Crippen LogP contribution in [0.3, 0.4) is 0 Å². The lowest BCUT2D eigenvalue weighted by Crippen LogP contribution is -2.38. The number of carbonyl (C=O) groups is 1. The van der Waals surface area contributed by atoms with Gasteiger partial charge in [-0.05, 0) is 32.9 Å². The molecule has 0 fully saturated rings. The third kappa shape index (κ3) is 6.40. The lowest BCUT2D eigenvalue weighted by atomic mass is 10.2. The van der Waals surface area contributed by atoms with Gasteiger partial charge in [-0.1, -0.05) is 12.1 Å². The van der Waals surface area contributed by atoms with Crippen LogP contribution in [-0.4, -0.2) is 38.4 Å². The number of sulfonamides is 1. The van der Waals surface area contributed by atoms with Gasteiger partial charge in [0.2, 0.25) is 10.0 Å². The Kier molecular flexibility index (Phi) is 6.33. The number of hydrogen-bond acceptors (Lipinski definition) is 7. The van der Waals surface area contributed by atoms with Crippen LogP contribution >= 0.6 is 0 Å². The van der Waals surface area contributed by atoms with Crippen LogP contribution in [-0.2, 0) is 14.8 Å². The summed E-state index contributed by atoms with van der Waals surface area (Å²) in [5.74, 6) is 0. The van der Waals surface area contributed by atoms with Gasteiger partial charge < -0.3 is 20.5 Å². The minimum Gasteiger partial charge on any atom is -0.733 e. The summed E-state index contributed by atoms with van der Waals surface area (Å²) in [6.45, 7) is 5.00. The second kappa shape index (κ2) is 7.59. The molecule has 23 heavy (non-hydrogen) atoms. The average molecular weight is 346 g/mol. The molecule has 1 rings (SSSR count). The lowest BCUT2D eigenvalue weighted by Gasteiger charge is -2.24. The fraction of sp³-hybridized carbons (Fsp3) is 0.462. The lowest BCUT2D eigenvalue weighted by molar-refractivity contribution is 0.0529. The number of rotatable bonds is 6. The average Bonchev–Trinajstić information content (AvgIpc) is 2.42. The number of nitrogens with one attached hydrogen (secondary N) is 2. The fourth-order valence-electron chi connectivity index (χ4n) is 1.58. The molecule has 3 N–H and O–H groups in total. The van der Waals surface area contributed by atoms with E-state index in [1.165, 1.54) is 24.3 Å². The Morgan fingerprint density at radius 2 is 1.91 bits per heavy atom. The van der Waals surface area contributed by atoms with Crippen molar-refractivity contribution in [2.24, 2.45) is 0 Å². The van der Waals surface area contributed by atoms with Crippen LogP contribution in [0.5, 0.6) is 0 Å². The zero-order chi connectivity index (χ0) is 17.7. The third-order valence-corrected chi connectivity index (χ3v) is 3.95. The molecule has 9 nitrogen and oxygen atoms in total. The summed E-state index contributed by atoms with van der Waals surface area (Å²) in [4.78, 5) is 11.0. The van der Waals surface area contributed by atoms with Gasteiger partial charge in [-0.2, -0.15) is 0 Å². The number of benzene rings is 1. The molecule has 0 unspecified atom stereocenters. The summed E-state index contributed by atoms with van der Waals surface area (Å²) in [6, 6.07) is 5.18. The first-order chi connectivity index (χ1) is 10.5. The predicted molar refractivity (Wildman–Crippen MR) is 83.5 cm³/mol. The van der Waals surface area contributed by atoms with E-state index >= 15 is 0 Å². The van der Waals surface area contributed by atoms with E-state index in [1.54, 1.807) is 20.8 Å². The number of amides is 1. The van der Waals surface area contributed by atoms with Crippen molar-refractivity contribution in [2.75, 3.05) is 18.3 Å². The second-order valence-electron chi connectivity index (χ2n) is 5.57. The van der Waals surface area contributed by atoms with E-state index in [2.05, 4.69) is 10.0 Å². The highest BCUT2D eigenvalue weighted by Crippen LogP contribution is 2.22. The summed E-state index contributed by atoms with van der Waals surface area (Å²) in [7, 11) is -4.01. The Balaban J connectivity index is 2.59. The molecule has 1 aromatic carbocycles. The number of anilines is 1. The Morgan fingerprint density at radius 1 is 1.30 bits per heavy atom. The van der Waals surface area contributed by atoms with Crippen LogP contribution in [0.4, 0.5) is 10.5 Å². The molecule has 0 atom stereocenters. The summed E-state index contributed by atoms with van der Waals surface area (Å²) in [5.41, 5.74) is -1.05. The van der Waals surface area contributed by atoms with E-state index in [4.69, 9.17) is 9.94 Å². The molecule has 0 aliphatic heterocycles. The van der Waals surface area contributed by atoms with E-state index in [9.17, 15) is 18.4 Å². The third-order valence-electron chi connectivity index (χ3n) is 2.45. The quantitative estimate of drug-likeness (QED) is 0.520. The normalized spacial score (nSPS) is 11.9. The van der Waals surface area contributed by atoms with Crippen molar-refractivity contribution in [1.29, 1.82) is 0 Å². The monoisotopic (exact) mass is 346 g/mol. The predicted octanol–water partition coefficient (Wildman–Crippen LogP) is 1.18. The van der Waals surface area contributed by atoms with Crippen LogP contribution < -0.4 is 15.3 Å². The topological polar surface area (TPSA) is 131 Å². The van der Waals surface area contributed by atoms with E-state index in [0.29, 0.717) is 0 Å². The standard InChI is InChI=1S/C13H20N3O6S/c1-13(2,3)22-12(17)14-8-9-15-23(20,21)11-7-5-4-6-10(11)16(18)19/h4-7,15,18H,8-9H2,1-3H3,(H,14,17)/q-1. The first-order valence-electron chi connectivity index (χ1n) is 6.74. The maximum atomic E-state index is 12.1. The van der Waals surface area contributed by atoms with Gasteiger partial charge in [0, 0.05) is 13.1 Å². The van der Waals surface area contributed by atoms with Gasteiger partial charge in [-0.3, -0.25) is 5.21 Å². The van der Waals surface area contributed by atoms with Gasteiger partial charge in [0.15, 0.2) is 0 Å². The Morgan fingerprint density at radius 3 is 2.48 bits per heavy atom. The number of ether oxygens (including phenoxy) is 1. The highest BCUT2D eigenvalue weighted by molar-refractivity contribution is 7.89. The smallest absolute Gasteiger partial charge is 0.407 e. The van der Waals surface area contributed by atoms with Gasteiger partial charge in [0.25, 0.3) is 0 Å². The van der Waals surface area contributed by atoms with Crippen molar-refractivity contribution in [3.63, 3.8) is 0 Å². The second-order valence-corrected chi connectivity index (χ2v) is 7.30. The summed E-state index contributed by atoms with van der Waals surface area (Å²) < 4.78 is 31.4. The molecular weight excluding hydrogens is 326 g/mol. The van der Waals surface area contributed by atoms with Crippen LogP contribution in [0.1, 0.15) is 20.8 Å². The van der Waals surface area contributed by atoms with Crippen LogP contribution in [0, 0.1) is 5.21 Å². The maximum absolute atomic E-state index is 12.1. The van der Waals surface area contributed by atoms with Crippen LogP contribution in [0.2, 0.25) is 0 Å². The van der Waals surface area contributed by atoms with Crippen molar-refractivity contribution in [3.8, 4) is 0 Å². The van der Waals surface area contributed by atoms with E-state index < -0.39 is 32.6 Å². The molecule has 1 amide bonds. The van der Waals surface area contributed by atoms with Gasteiger partial charge >= 0.3 is 6.09 Å². The number of nitrogens with zero attached hydrogens (tertiary/aromatic N) is 1. The SMILES string of the molecule is CC(C)(C)OC(=O)NCCNS(=O)(=O)c1ccccc1N([O-])O. The van der Waals surface area contributed by atoms with Gasteiger partial charge in [-0.15, -0.1) is 0 Å². The molecule has 1 aromatic rings. The highest BCUT2D eigenvalue weighted by Gasteiger charge is 2.19. The molecule has 0 spiro atoms. The Labute approximate surface area is 134 Å². The molecule has 0 aliphatic carbocycles. The molecule has 0 aromatic heterocycles. The zero-order valence-corrected chi connectivity index (χ0v) is 13.9. The van der Waals surface area contributed by atoms with Gasteiger partial charge in [0.1, 0.15) is 10.5 Å². The molecule has 0 bridgehead atoms. The molecule has 0 heterocycles. The van der Waals surface area contributed by atoms with Crippen molar-refractivity contribution in [1.82, 2.24) is 10.0 Å². The largest absolute Gasteiger partial charge is 0.733 e. The summed E-state index contributed by atoms with van der Waals surface area (Å²) >= 11 is 0. The highest BCUT2D eigenvalue weighted by atomic mass is 32.2. The maximum Gasteiger partial charge on any atom is 0.407 e. The number of carbonyl (C=O) groups excluding carboxylic acids is 1. The van der Waals surface area contributed by atoms with Crippen molar-refractivity contribution >= 4 is 21.8 Å². The zero-order valence-electron chi connectivity index (χ0n) is 13.1. The van der Waals surface area contributed by atoms with Crippen LogP contribution in [0.25, 0.3) is 0 Å². The molecule has 130 valence electrons. The van der Waals surface area contributed by atoms with E-state index in [0.717, 1.165) is 0 Å². The van der Waals surface area contributed by atoms with Crippen molar-refractivity contribution < 1.29 is 23.2 Å². The summed E-state index contributed by atoms with van der Waals surface area (Å²) in [5, 5.41) is 21.8. The van der Waals surface area contributed by atoms with E-state index in [1.807, 2.05) is 0 Å². The van der Waals surface area contributed by atoms with Gasteiger partial charge in [-0.25, -0.2) is 17.9 Å². The molecule has 0 radical (unpaired) electrons. The number of para-hydroxylation sites is 1. The van der Waals surface area contributed by atoms with Crippen molar-refractivity contribution in [3.05, 3.63) is 29.5 Å². The fourth-order valence-corrected chi connectivity index (χ4v) is 2.79. The van der Waals surface area contributed by atoms with Gasteiger partial charge in [0.05, 0.1) is 5.69 Å². The van der Waals surface area contributed by atoms with Crippen molar-refractivity contribution in [2.45, 2.75) is 31.3 Å². The molecule has 0 aliphatic rings. The molecular formula is C13H20N3O6S-. The number of hydrogen-bond donors (Lipinski definition) is 3. The minimum absolute atomic E-state index is 0.00345. The Bertz CT molecular complexity index is 639. The molecule has 0 saturated carbocycles. The van der Waals surface area contributed by atoms with Crippen LogP contribution in [0.15, 0.2) is 29.2 Å². The Hall–Kier alpha value is -1.88. The first kappa shape index (κ1) is 19.2. The number of alkyl carbamates (subject to hydrolysis) is 1. The first-order valence-corrected chi connectivity index (χ1v) is 8.23. The molecule has 0 saturated heterocycles. The van der Waals surface area contributed by atoms with E-state index in [-0.39, 0.29) is 18.0 Å².